The Balaban J connectivity index is 2.75. The van der Waals surface area contributed by atoms with Gasteiger partial charge in [-0.2, -0.15) is 0 Å². The van der Waals surface area contributed by atoms with Gasteiger partial charge in [-0.3, -0.25) is 9.59 Å². The molecule has 1 amide bonds. The third kappa shape index (κ3) is 4.93. The molecule has 9 heteroatoms. The van der Waals surface area contributed by atoms with Gasteiger partial charge in [0.25, 0.3) is 0 Å². The minimum absolute atomic E-state index is 0.0857. The fraction of sp³-hybridized carbons (Fsp3) is 0.857. The lowest BCUT2D eigenvalue weighted by atomic mass is 9.97. The van der Waals surface area contributed by atoms with Crippen molar-refractivity contribution >= 4 is 12.2 Å². The maximum absolute atomic E-state index is 11.6. The van der Waals surface area contributed by atoms with Gasteiger partial charge in [-0.1, -0.05) is 0 Å². The average molecular weight is 333 g/mol. The maximum Gasteiger partial charge on any atom is 0.222 e. The van der Waals surface area contributed by atoms with Crippen LogP contribution < -0.4 is 5.73 Å². The summed E-state index contributed by atoms with van der Waals surface area (Å²) in [5, 5.41) is 29.0. The third-order valence-corrected chi connectivity index (χ3v) is 3.81. The van der Waals surface area contributed by atoms with Crippen molar-refractivity contribution in [2.75, 3.05) is 13.2 Å². The quantitative estimate of drug-likeness (QED) is 0.400. The van der Waals surface area contributed by atoms with Crippen molar-refractivity contribution in [2.24, 2.45) is 5.73 Å². The van der Waals surface area contributed by atoms with Crippen LogP contribution in [0.3, 0.4) is 0 Å². The molecule has 0 aromatic carbocycles. The molecule has 5 N–H and O–H groups in total. The van der Waals surface area contributed by atoms with E-state index in [0.29, 0.717) is 0 Å². The molecule has 1 heterocycles. The number of nitrogens with zero attached hydrogens (tertiary/aromatic N) is 1. The van der Waals surface area contributed by atoms with Crippen molar-refractivity contribution in [3.63, 3.8) is 0 Å². The Morgan fingerprint density at radius 2 is 2.04 bits per heavy atom. The highest BCUT2D eigenvalue weighted by Crippen LogP contribution is 2.22. The number of carbonyl (C=O) groups excluding carboxylic acids is 2. The highest BCUT2D eigenvalue weighted by atomic mass is 16.6. The van der Waals surface area contributed by atoms with Crippen LogP contribution in [0.2, 0.25) is 0 Å². The zero-order chi connectivity index (χ0) is 17.7. The smallest absolute Gasteiger partial charge is 0.222 e. The Morgan fingerprint density at radius 3 is 2.52 bits per heavy atom. The monoisotopic (exact) mass is 333 g/mol. The summed E-state index contributed by atoms with van der Waals surface area (Å²) in [4.78, 5) is 23.6. The van der Waals surface area contributed by atoms with E-state index in [1.807, 2.05) is 0 Å². The third-order valence-electron chi connectivity index (χ3n) is 3.81. The highest BCUT2D eigenvalue weighted by Gasteiger charge is 2.44. The summed E-state index contributed by atoms with van der Waals surface area (Å²) < 4.78 is 10.6. The molecule has 133 valence electrons. The van der Waals surface area contributed by atoms with Gasteiger partial charge in [0.1, 0.15) is 18.3 Å². The summed E-state index contributed by atoms with van der Waals surface area (Å²) in [7, 11) is 0. The van der Waals surface area contributed by atoms with Crippen molar-refractivity contribution < 1.29 is 34.4 Å². The van der Waals surface area contributed by atoms with E-state index >= 15 is 0 Å². The summed E-state index contributed by atoms with van der Waals surface area (Å²) in [6.07, 6.45) is -3.49. The lowest BCUT2D eigenvalue weighted by Crippen LogP contribution is -2.63. The topological polar surface area (TPSA) is 143 Å². The Kier molecular flexibility index (Phi) is 7.52. The molecule has 1 saturated heterocycles. The van der Waals surface area contributed by atoms with Crippen LogP contribution in [-0.2, 0) is 19.1 Å². The Labute approximate surface area is 135 Å². The molecule has 0 spiro atoms. The molecular formula is C14H25N2O7. The first kappa shape index (κ1) is 19.9. The predicted octanol–water partition coefficient (Wildman–Crippen LogP) is -2.50. The number of hydrogen-bond donors (Lipinski definition) is 4. The summed E-state index contributed by atoms with van der Waals surface area (Å²) in [6, 6.07) is -1.75. The standard InChI is InChI=1S/C14H25N2O7/c1-7(5-17)16(9(3)19)4-8(2)22-13-11(15)14(21)23-10(6-18)12(13)20/h7-8,10-14,18,20-21H,4,6,15H2,1-3H3/t7-,8?,10+,11+,12+,13+,14-/m0/s1. The first-order valence-electron chi connectivity index (χ1n) is 7.41. The second-order valence-electron chi connectivity index (χ2n) is 5.69. The van der Waals surface area contributed by atoms with Crippen LogP contribution >= 0.6 is 0 Å². The van der Waals surface area contributed by atoms with Gasteiger partial charge >= 0.3 is 0 Å². The Bertz CT molecular complexity index is 409. The van der Waals surface area contributed by atoms with Crippen molar-refractivity contribution in [3.8, 4) is 0 Å². The highest BCUT2D eigenvalue weighted by molar-refractivity contribution is 5.77. The molecule has 0 bridgehead atoms. The number of rotatable bonds is 7. The van der Waals surface area contributed by atoms with Gasteiger partial charge in [0.05, 0.1) is 24.8 Å². The van der Waals surface area contributed by atoms with E-state index < -0.39 is 49.4 Å². The molecular weight excluding hydrogens is 308 g/mol. The number of aliphatic hydroxyl groups is 3. The van der Waals surface area contributed by atoms with Gasteiger partial charge < -0.3 is 35.4 Å². The molecule has 9 nitrogen and oxygen atoms in total. The molecule has 0 aliphatic carbocycles. The van der Waals surface area contributed by atoms with E-state index in [2.05, 4.69) is 0 Å². The van der Waals surface area contributed by atoms with E-state index in [0.717, 1.165) is 0 Å². The van der Waals surface area contributed by atoms with Gasteiger partial charge in [-0.25, -0.2) is 0 Å². The van der Waals surface area contributed by atoms with Crippen molar-refractivity contribution in [1.82, 2.24) is 4.90 Å². The molecule has 7 atom stereocenters. The minimum atomic E-state index is -1.39. The molecule has 23 heavy (non-hydrogen) atoms. The molecule has 1 aliphatic rings. The normalized spacial score (nSPS) is 33.8. The van der Waals surface area contributed by atoms with E-state index in [1.54, 1.807) is 13.2 Å². The summed E-state index contributed by atoms with van der Waals surface area (Å²) >= 11 is 0. The number of ether oxygens (including phenoxy) is 2. The fourth-order valence-corrected chi connectivity index (χ4v) is 2.49. The average Bonchev–Trinajstić information content (AvgIpc) is 2.51. The van der Waals surface area contributed by atoms with Crippen molar-refractivity contribution in [2.45, 2.75) is 63.6 Å². The van der Waals surface area contributed by atoms with Crippen LogP contribution in [0.1, 0.15) is 20.8 Å². The van der Waals surface area contributed by atoms with Crippen molar-refractivity contribution in [3.05, 3.63) is 0 Å². The summed E-state index contributed by atoms with van der Waals surface area (Å²) in [6.45, 7) is 4.07. The second kappa shape index (κ2) is 8.67. The lowest BCUT2D eigenvalue weighted by molar-refractivity contribution is -0.263. The number of hydrogen-bond acceptors (Lipinski definition) is 8. The SMILES string of the molecule is CC(=O)N(CC(C)O[C@@H]1[C@@H](N)[C@@H](O)O[C@H](CO)[C@H]1O)[C@@H](C)[C]=O. The number of amides is 1. The lowest BCUT2D eigenvalue weighted by Gasteiger charge is -2.42. The first-order valence-corrected chi connectivity index (χ1v) is 7.41. The van der Waals surface area contributed by atoms with Gasteiger partial charge in [0.15, 0.2) is 6.29 Å². The van der Waals surface area contributed by atoms with E-state index in [-0.39, 0.29) is 12.5 Å². The molecule has 1 unspecified atom stereocenters. The van der Waals surface area contributed by atoms with Crippen molar-refractivity contribution in [1.29, 1.82) is 0 Å². The van der Waals surface area contributed by atoms with Crippen LogP contribution in [0, 0.1) is 0 Å². The largest absolute Gasteiger partial charge is 0.394 e. The van der Waals surface area contributed by atoms with Gasteiger partial charge in [0.2, 0.25) is 12.2 Å². The summed E-state index contributed by atoms with van der Waals surface area (Å²) in [5.41, 5.74) is 5.77. The number of carbonyl (C=O) groups is 1. The second-order valence-corrected chi connectivity index (χ2v) is 5.69. The zero-order valence-corrected chi connectivity index (χ0v) is 13.5. The number of nitrogens with two attached hydrogens (primary N) is 1. The van der Waals surface area contributed by atoms with Crippen LogP contribution in [0.15, 0.2) is 0 Å². The van der Waals surface area contributed by atoms with Crippen LogP contribution in [0.25, 0.3) is 0 Å². The zero-order valence-electron chi connectivity index (χ0n) is 13.5. The predicted molar refractivity (Wildman–Crippen MR) is 78.8 cm³/mol. The molecule has 0 aromatic heterocycles. The van der Waals surface area contributed by atoms with Gasteiger partial charge in [-0.05, 0) is 13.8 Å². The van der Waals surface area contributed by atoms with Crippen LogP contribution in [0.4, 0.5) is 0 Å². The molecule has 1 fully saturated rings. The minimum Gasteiger partial charge on any atom is -0.394 e. The summed E-state index contributed by atoms with van der Waals surface area (Å²) in [5.74, 6) is -0.318. The van der Waals surface area contributed by atoms with E-state index in [4.69, 9.17) is 20.3 Å². The fourth-order valence-electron chi connectivity index (χ4n) is 2.49. The Hall–Kier alpha value is -1.10. The van der Waals surface area contributed by atoms with Gasteiger partial charge in [0, 0.05) is 13.5 Å². The molecule has 1 aliphatic heterocycles. The van der Waals surface area contributed by atoms with Crippen LogP contribution in [0.5, 0.6) is 0 Å². The molecule has 0 saturated carbocycles. The van der Waals surface area contributed by atoms with Crippen LogP contribution in [-0.4, -0.2) is 88.4 Å². The van der Waals surface area contributed by atoms with E-state index in [9.17, 15) is 19.8 Å². The molecule has 1 radical (unpaired) electrons. The first-order chi connectivity index (χ1) is 10.7. The maximum atomic E-state index is 11.6. The Morgan fingerprint density at radius 1 is 1.43 bits per heavy atom. The number of aliphatic hydroxyl groups excluding tert-OH is 3. The van der Waals surface area contributed by atoms with E-state index in [1.165, 1.54) is 18.7 Å². The van der Waals surface area contributed by atoms with Gasteiger partial charge in [-0.15, -0.1) is 0 Å². The molecule has 1 rings (SSSR count). The molecule has 0 aromatic rings.